The van der Waals surface area contributed by atoms with Crippen molar-refractivity contribution in [1.82, 2.24) is 0 Å². The minimum absolute atomic E-state index is 0.0267. The highest BCUT2D eigenvalue weighted by atomic mass is 31.0. The third-order valence-electron chi connectivity index (χ3n) is 2.02. The molecule has 2 nitrogen and oxygen atoms in total. The normalized spacial score (nSPS) is 15.4. The molecule has 19 heavy (non-hydrogen) atoms. The molecule has 0 aromatic carbocycles. The average Bonchev–Trinajstić information content (AvgIpc) is 2.25. The van der Waals surface area contributed by atoms with E-state index in [9.17, 15) is 31.1 Å². The zero-order chi connectivity index (χ0) is 16.1. The lowest BCUT2D eigenvalue weighted by Crippen LogP contribution is -2.48. The minimum atomic E-state index is -5.68. The Morgan fingerprint density at radius 3 is 1.63 bits per heavy atom. The lowest BCUT2D eigenvalue weighted by Gasteiger charge is -2.27. The fraction of sp³-hybridized carbons (Fsp3) is 0.900. The van der Waals surface area contributed by atoms with Crippen LogP contribution in [0.4, 0.5) is 26.3 Å². The van der Waals surface area contributed by atoms with Crippen molar-refractivity contribution in [3.8, 4) is 0 Å². The van der Waals surface area contributed by atoms with Crippen molar-refractivity contribution in [2.75, 3.05) is 0 Å². The van der Waals surface area contributed by atoms with Gasteiger partial charge < -0.3 is 4.74 Å². The van der Waals surface area contributed by atoms with Gasteiger partial charge in [0, 0.05) is 0 Å². The number of esters is 1. The van der Waals surface area contributed by atoms with Gasteiger partial charge in [0.2, 0.25) is 0 Å². The van der Waals surface area contributed by atoms with Crippen molar-refractivity contribution in [2.24, 2.45) is 0 Å². The van der Waals surface area contributed by atoms with Gasteiger partial charge in [0.05, 0.1) is 5.16 Å². The second-order valence-electron chi connectivity index (χ2n) is 3.64. The highest BCUT2D eigenvalue weighted by molar-refractivity contribution is 7.20. The van der Waals surface area contributed by atoms with Gasteiger partial charge in [0.15, 0.2) is 0 Å². The number of rotatable bonds is 3. The maximum absolute atomic E-state index is 12.1. The summed E-state index contributed by atoms with van der Waals surface area (Å²) in [5.74, 6) is -1.57. The lowest BCUT2D eigenvalue weighted by atomic mass is 10.1. The van der Waals surface area contributed by atoms with Crippen molar-refractivity contribution < 1.29 is 35.9 Å². The van der Waals surface area contributed by atoms with E-state index in [0.29, 0.717) is 0 Å². The van der Waals surface area contributed by atoms with Crippen LogP contribution >= 0.6 is 9.24 Å². The van der Waals surface area contributed by atoms with E-state index in [1.165, 1.54) is 13.8 Å². The Bertz CT molecular complexity index is 271. The van der Waals surface area contributed by atoms with Crippen LogP contribution in [-0.2, 0) is 9.53 Å². The van der Waals surface area contributed by atoms with Gasteiger partial charge in [-0.1, -0.05) is 20.8 Å². The Kier molecular flexibility index (Phi) is 8.00. The molecular formula is C10H17F6O2P. The average molecular weight is 314 g/mol. The monoisotopic (exact) mass is 314 g/mol. The first-order valence-electron chi connectivity index (χ1n) is 5.45. The predicted molar refractivity (Wildman–Crippen MR) is 61.7 cm³/mol. The number of hydrogen-bond acceptors (Lipinski definition) is 2. The third-order valence-corrected chi connectivity index (χ3v) is 2.66. The zero-order valence-electron chi connectivity index (χ0n) is 10.9. The molecule has 0 radical (unpaired) electrons. The van der Waals surface area contributed by atoms with Crippen molar-refractivity contribution in [3.05, 3.63) is 0 Å². The fourth-order valence-corrected chi connectivity index (χ4v) is 0.773. The van der Waals surface area contributed by atoms with E-state index >= 15 is 0 Å². The molecule has 0 aromatic heterocycles. The summed E-state index contributed by atoms with van der Waals surface area (Å²) in [4.78, 5) is 11.2. The Labute approximate surface area is 110 Å². The number of halogens is 6. The summed E-state index contributed by atoms with van der Waals surface area (Å²) in [5.41, 5.74) is 0. The molecule has 0 aromatic rings. The molecule has 0 aliphatic carbocycles. The maximum atomic E-state index is 12.1. The summed E-state index contributed by atoms with van der Waals surface area (Å²) in [6, 6.07) is 0. The molecule has 0 aliphatic rings. The van der Waals surface area contributed by atoms with E-state index < -0.39 is 29.6 Å². The number of alkyl halides is 6. The molecule has 0 spiro atoms. The topological polar surface area (TPSA) is 26.3 Å². The molecule has 0 aliphatic heterocycles. The van der Waals surface area contributed by atoms with Crippen LogP contribution < -0.4 is 0 Å². The van der Waals surface area contributed by atoms with E-state index in [4.69, 9.17) is 0 Å². The molecule has 9 heteroatoms. The molecule has 116 valence electrons. The number of hydrogen-bond donors (Lipinski definition) is 0. The molecule has 0 saturated heterocycles. The Balaban J connectivity index is 0. The lowest BCUT2D eigenvalue weighted by molar-refractivity contribution is -0.313. The van der Waals surface area contributed by atoms with Crippen LogP contribution in [-0.4, -0.2) is 29.6 Å². The van der Waals surface area contributed by atoms with Crippen LogP contribution in [0.1, 0.15) is 34.1 Å². The molecule has 2 atom stereocenters. The van der Waals surface area contributed by atoms with Gasteiger partial charge in [-0.2, -0.15) is 26.3 Å². The Morgan fingerprint density at radius 1 is 1.11 bits per heavy atom. The largest absolute Gasteiger partial charge is 0.442 e. The van der Waals surface area contributed by atoms with Gasteiger partial charge >= 0.3 is 18.3 Å². The van der Waals surface area contributed by atoms with Gasteiger partial charge in [-0.25, -0.2) is 0 Å². The first-order valence-corrected chi connectivity index (χ1v) is 6.03. The molecule has 0 saturated carbocycles. The standard InChI is InChI=1S/C8H11F6O2P.C2H6/c1-3-6(2,17)5(15)16-4(7(9,10)11)8(12,13)14;1-2/h4H,3,17H2,1-2H3;1-2H3. The van der Waals surface area contributed by atoms with Crippen molar-refractivity contribution in [3.63, 3.8) is 0 Å². The van der Waals surface area contributed by atoms with Gasteiger partial charge in [0.1, 0.15) is 0 Å². The van der Waals surface area contributed by atoms with E-state index in [1.54, 1.807) is 0 Å². The summed E-state index contributed by atoms with van der Waals surface area (Å²) in [7, 11) is 1.87. The summed E-state index contributed by atoms with van der Waals surface area (Å²) < 4.78 is 75.9. The van der Waals surface area contributed by atoms with Crippen LogP contribution in [0.5, 0.6) is 0 Å². The first-order chi connectivity index (χ1) is 8.32. The summed E-state index contributed by atoms with van der Waals surface area (Å²) in [6.07, 6.45) is -15.4. The molecular weight excluding hydrogens is 297 g/mol. The van der Waals surface area contributed by atoms with Crippen LogP contribution in [0.25, 0.3) is 0 Å². The SMILES string of the molecule is CC.CCC(C)(P)C(=O)OC(C(F)(F)F)C(F)(F)F. The Hall–Kier alpha value is -0.520. The quantitative estimate of drug-likeness (QED) is 0.445. The van der Waals surface area contributed by atoms with Gasteiger partial charge in [-0.3, -0.25) is 4.79 Å². The molecule has 0 N–H and O–H groups in total. The van der Waals surface area contributed by atoms with Crippen LogP contribution in [0.3, 0.4) is 0 Å². The molecule has 2 unspecified atom stereocenters. The van der Waals surface area contributed by atoms with Crippen molar-refractivity contribution in [1.29, 1.82) is 0 Å². The highest BCUT2D eigenvalue weighted by Crippen LogP contribution is 2.37. The fourth-order valence-electron chi connectivity index (χ4n) is 0.705. The molecule has 0 rings (SSSR count). The molecule has 0 heterocycles. The van der Waals surface area contributed by atoms with Crippen molar-refractivity contribution >= 4 is 15.2 Å². The predicted octanol–water partition coefficient (Wildman–Crippen LogP) is 4.09. The summed E-state index contributed by atoms with van der Waals surface area (Å²) in [6.45, 7) is 6.61. The van der Waals surface area contributed by atoms with Gasteiger partial charge in [-0.15, -0.1) is 9.24 Å². The van der Waals surface area contributed by atoms with E-state index in [-0.39, 0.29) is 6.42 Å². The van der Waals surface area contributed by atoms with E-state index in [0.717, 1.165) is 0 Å². The highest BCUT2D eigenvalue weighted by Gasteiger charge is 2.60. The summed E-state index contributed by atoms with van der Waals surface area (Å²) in [5, 5.41) is -1.48. The second-order valence-corrected chi connectivity index (χ2v) is 4.91. The number of carbonyl (C=O) groups excluding carboxylic acids is 1. The van der Waals surface area contributed by atoms with Crippen molar-refractivity contribution in [2.45, 2.75) is 57.7 Å². The third kappa shape index (κ3) is 6.99. The van der Waals surface area contributed by atoms with Crippen LogP contribution in [0.2, 0.25) is 0 Å². The number of carbonyl (C=O) groups is 1. The van der Waals surface area contributed by atoms with E-state index in [2.05, 4.69) is 4.74 Å². The minimum Gasteiger partial charge on any atom is -0.442 e. The maximum Gasteiger partial charge on any atom is 0.434 e. The van der Waals surface area contributed by atoms with Crippen LogP contribution in [0, 0.1) is 0 Å². The smallest absolute Gasteiger partial charge is 0.434 e. The summed E-state index contributed by atoms with van der Waals surface area (Å²) >= 11 is 0. The zero-order valence-corrected chi connectivity index (χ0v) is 12.1. The van der Waals surface area contributed by atoms with Gasteiger partial charge in [0.25, 0.3) is 6.10 Å². The van der Waals surface area contributed by atoms with E-state index in [1.807, 2.05) is 23.1 Å². The first kappa shape index (κ1) is 20.8. The molecule has 0 amide bonds. The number of ether oxygens (including phenoxy) is 1. The Morgan fingerprint density at radius 2 is 1.42 bits per heavy atom. The molecule has 0 fully saturated rings. The van der Waals surface area contributed by atoms with Crippen LogP contribution in [0.15, 0.2) is 0 Å². The van der Waals surface area contributed by atoms with Gasteiger partial charge in [-0.05, 0) is 13.3 Å². The second kappa shape index (κ2) is 7.31. The molecule has 0 bridgehead atoms.